The van der Waals surface area contributed by atoms with Crippen molar-refractivity contribution < 1.29 is 32.2 Å². The lowest BCUT2D eigenvalue weighted by atomic mass is 9.80. The molecule has 0 spiro atoms. The molecule has 0 bridgehead atoms. The fourth-order valence-corrected chi connectivity index (χ4v) is 5.64. The second-order valence-corrected chi connectivity index (χ2v) is 9.89. The minimum absolute atomic E-state index is 0.00503. The molecule has 1 amide bonds. The van der Waals surface area contributed by atoms with Gasteiger partial charge in [-0.1, -0.05) is 0 Å². The maximum atomic E-state index is 13.8. The number of aromatic nitrogens is 2. The van der Waals surface area contributed by atoms with E-state index in [9.17, 15) is 18.0 Å². The molecule has 202 valence electrons. The third-order valence-electron chi connectivity index (χ3n) is 7.69. The van der Waals surface area contributed by atoms with Gasteiger partial charge in [0.1, 0.15) is 5.69 Å². The van der Waals surface area contributed by atoms with Gasteiger partial charge in [0.2, 0.25) is 11.9 Å². The standard InChI is InChI=1S/C24H36F3N5O4/c1-34-14-7-23(6-3-17(15-23)29-18-5-13-36-16-19(18)35-2)21(33)31-9-11-32(12-10-31)22-28-8-4-20(30-22)24(25,26)27/h4,8,17-19,29H,3,5-7,9-16H2,1-2H3/t17-,18?,19?,23+/m0/s1. The number of carbonyl (C=O) groups is 1. The summed E-state index contributed by atoms with van der Waals surface area (Å²) in [6.45, 7) is 3.34. The number of methoxy groups -OCH3 is 2. The predicted molar refractivity (Wildman–Crippen MR) is 126 cm³/mol. The molecule has 3 fully saturated rings. The van der Waals surface area contributed by atoms with E-state index in [1.165, 1.54) is 0 Å². The summed E-state index contributed by atoms with van der Waals surface area (Å²) in [5.74, 6) is 0.143. The summed E-state index contributed by atoms with van der Waals surface area (Å²) in [5.41, 5.74) is -1.48. The normalized spacial score (nSPS) is 29.5. The van der Waals surface area contributed by atoms with Crippen molar-refractivity contribution in [2.75, 3.05) is 65.1 Å². The number of ether oxygens (including phenoxy) is 3. The number of nitrogens with zero attached hydrogens (tertiary/aromatic N) is 4. The molecular weight excluding hydrogens is 479 g/mol. The molecular formula is C24H36F3N5O4. The lowest BCUT2D eigenvalue weighted by Crippen LogP contribution is -2.54. The largest absolute Gasteiger partial charge is 0.433 e. The predicted octanol–water partition coefficient (Wildman–Crippen LogP) is 2.11. The van der Waals surface area contributed by atoms with Gasteiger partial charge < -0.3 is 29.3 Å². The summed E-state index contributed by atoms with van der Waals surface area (Å²) >= 11 is 0. The van der Waals surface area contributed by atoms with E-state index in [-0.39, 0.29) is 30.0 Å². The van der Waals surface area contributed by atoms with Gasteiger partial charge >= 0.3 is 6.18 Å². The van der Waals surface area contributed by atoms with E-state index in [4.69, 9.17) is 14.2 Å². The number of amides is 1. The smallest absolute Gasteiger partial charge is 0.385 e. The van der Waals surface area contributed by atoms with Gasteiger partial charge in [0.05, 0.1) is 18.1 Å². The third kappa shape index (κ3) is 6.09. The van der Waals surface area contributed by atoms with Crippen molar-refractivity contribution in [3.8, 4) is 0 Å². The van der Waals surface area contributed by atoms with Gasteiger partial charge in [-0.2, -0.15) is 13.2 Å². The molecule has 1 aliphatic carbocycles. The molecule has 0 aromatic carbocycles. The molecule has 2 unspecified atom stereocenters. The van der Waals surface area contributed by atoms with Crippen molar-refractivity contribution in [2.24, 2.45) is 5.41 Å². The number of anilines is 1. The van der Waals surface area contributed by atoms with Crippen LogP contribution >= 0.6 is 0 Å². The van der Waals surface area contributed by atoms with Crippen LogP contribution in [0.15, 0.2) is 12.3 Å². The highest BCUT2D eigenvalue weighted by Gasteiger charge is 2.48. The molecule has 36 heavy (non-hydrogen) atoms. The van der Waals surface area contributed by atoms with E-state index in [0.29, 0.717) is 52.4 Å². The molecule has 3 heterocycles. The Balaban J connectivity index is 1.38. The first-order valence-corrected chi connectivity index (χ1v) is 12.6. The molecule has 1 N–H and O–H groups in total. The monoisotopic (exact) mass is 515 g/mol. The van der Waals surface area contributed by atoms with E-state index < -0.39 is 17.3 Å². The average molecular weight is 516 g/mol. The van der Waals surface area contributed by atoms with Gasteiger partial charge in [0, 0.05) is 71.9 Å². The summed E-state index contributed by atoms with van der Waals surface area (Å²) in [4.78, 5) is 25.1. The number of hydrogen-bond donors (Lipinski definition) is 1. The maximum Gasteiger partial charge on any atom is 0.433 e. The second-order valence-electron chi connectivity index (χ2n) is 9.89. The maximum absolute atomic E-state index is 13.8. The fourth-order valence-electron chi connectivity index (χ4n) is 5.64. The van der Waals surface area contributed by atoms with E-state index in [1.807, 2.05) is 4.90 Å². The molecule has 1 saturated carbocycles. The number of carbonyl (C=O) groups excluding carboxylic acids is 1. The zero-order chi connectivity index (χ0) is 25.8. The molecule has 3 aliphatic rings. The van der Waals surface area contributed by atoms with E-state index >= 15 is 0 Å². The number of piperazine rings is 1. The molecule has 2 saturated heterocycles. The highest BCUT2D eigenvalue weighted by atomic mass is 19.4. The Labute approximate surface area is 209 Å². The fraction of sp³-hybridized carbons (Fsp3) is 0.792. The van der Waals surface area contributed by atoms with Gasteiger partial charge in [-0.15, -0.1) is 0 Å². The lowest BCUT2D eigenvalue weighted by molar-refractivity contribution is -0.143. The Bertz CT molecular complexity index is 884. The zero-order valence-corrected chi connectivity index (χ0v) is 20.9. The minimum Gasteiger partial charge on any atom is -0.385 e. The van der Waals surface area contributed by atoms with Crippen LogP contribution < -0.4 is 10.2 Å². The highest BCUT2D eigenvalue weighted by molar-refractivity contribution is 5.83. The third-order valence-corrected chi connectivity index (χ3v) is 7.69. The van der Waals surface area contributed by atoms with Crippen LogP contribution in [-0.2, 0) is 25.2 Å². The summed E-state index contributed by atoms with van der Waals surface area (Å²) in [6, 6.07) is 1.26. The van der Waals surface area contributed by atoms with Gasteiger partial charge in [-0.3, -0.25) is 4.79 Å². The van der Waals surface area contributed by atoms with Crippen LogP contribution in [0.3, 0.4) is 0 Å². The SMILES string of the molecule is COCC[C@]1(C(=O)N2CCN(c3nccc(C(F)(F)F)n3)CC2)CC[C@H](NC2CCOCC2OC)C1. The van der Waals surface area contributed by atoms with Crippen molar-refractivity contribution in [1.29, 1.82) is 0 Å². The van der Waals surface area contributed by atoms with Gasteiger partial charge in [0.15, 0.2) is 0 Å². The molecule has 4 rings (SSSR count). The topological polar surface area (TPSA) is 89.1 Å². The van der Waals surface area contributed by atoms with Crippen molar-refractivity contribution in [2.45, 2.75) is 56.5 Å². The summed E-state index contributed by atoms with van der Waals surface area (Å²) in [7, 11) is 3.33. The summed E-state index contributed by atoms with van der Waals surface area (Å²) < 4.78 is 55.6. The van der Waals surface area contributed by atoms with Gasteiger partial charge in [-0.25, -0.2) is 9.97 Å². The first-order valence-electron chi connectivity index (χ1n) is 12.6. The lowest BCUT2D eigenvalue weighted by Gasteiger charge is -2.40. The van der Waals surface area contributed by atoms with E-state index in [1.54, 1.807) is 19.1 Å². The number of alkyl halides is 3. The van der Waals surface area contributed by atoms with Crippen LogP contribution in [-0.4, -0.2) is 99.2 Å². The van der Waals surface area contributed by atoms with Crippen molar-refractivity contribution in [3.63, 3.8) is 0 Å². The quantitative estimate of drug-likeness (QED) is 0.563. The highest BCUT2D eigenvalue weighted by Crippen LogP contribution is 2.43. The first-order chi connectivity index (χ1) is 17.3. The number of rotatable bonds is 8. The van der Waals surface area contributed by atoms with Crippen LogP contribution in [0.2, 0.25) is 0 Å². The van der Waals surface area contributed by atoms with Crippen LogP contribution in [0, 0.1) is 5.41 Å². The Morgan fingerprint density at radius 3 is 2.72 bits per heavy atom. The van der Waals surface area contributed by atoms with E-state index in [2.05, 4.69) is 15.3 Å². The van der Waals surface area contributed by atoms with Crippen LogP contribution in [0.1, 0.15) is 37.8 Å². The molecule has 0 radical (unpaired) electrons. The average Bonchev–Trinajstić information content (AvgIpc) is 3.31. The van der Waals surface area contributed by atoms with Crippen LogP contribution in [0.5, 0.6) is 0 Å². The Morgan fingerprint density at radius 2 is 2.03 bits per heavy atom. The molecule has 9 nitrogen and oxygen atoms in total. The Morgan fingerprint density at radius 1 is 1.25 bits per heavy atom. The first kappa shape index (κ1) is 27.0. The molecule has 1 aromatic rings. The van der Waals surface area contributed by atoms with E-state index in [0.717, 1.165) is 37.9 Å². The van der Waals surface area contributed by atoms with Crippen LogP contribution in [0.4, 0.5) is 19.1 Å². The Hall–Kier alpha value is -2.02. The minimum atomic E-state index is -4.52. The van der Waals surface area contributed by atoms with Crippen molar-refractivity contribution in [3.05, 3.63) is 18.0 Å². The zero-order valence-electron chi connectivity index (χ0n) is 20.9. The summed E-state index contributed by atoms with van der Waals surface area (Å²) in [5, 5.41) is 3.72. The van der Waals surface area contributed by atoms with Crippen molar-refractivity contribution >= 4 is 11.9 Å². The second kappa shape index (κ2) is 11.6. The molecule has 4 atom stereocenters. The number of hydrogen-bond acceptors (Lipinski definition) is 8. The van der Waals surface area contributed by atoms with Gasteiger partial charge in [-0.05, 0) is 38.2 Å². The number of nitrogens with one attached hydrogen (secondary N) is 1. The number of halogens is 3. The summed E-state index contributed by atoms with van der Waals surface area (Å²) in [6.07, 6.45) is 0.484. The van der Waals surface area contributed by atoms with Crippen molar-refractivity contribution in [1.82, 2.24) is 20.2 Å². The molecule has 2 aliphatic heterocycles. The Kier molecular flexibility index (Phi) is 8.69. The van der Waals surface area contributed by atoms with Crippen LogP contribution in [0.25, 0.3) is 0 Å². The molecule has 12 heteroatoms. The molecule has 1 aromatic heterocycles. The van der Waals surface area contributed by atoms with Gasteiger partial charge in [0.25, 0.3) is 0 Å².